The summed E-state index contributed by atoms with van der Waals surface area (Å²) in [7, 11) is -2.43. The number of thiazole rings is 1. The molecule has 10 nitrogen and oxygen atoms in total. The summed E-state index contributed by atoms with van der Waals surface area (Å²) in [6.07, 6.45) is 0. The van der Waals surface area contributed by atoms with Crippen molar-refractivity contribution in [2.24, 2.45) is 16.5 Å². The fourth-order valence-electron chi connectivity index (χ4n) is 2.65. The van der Waals surface area contributed by atoms with Gasteiger partial charge in [-0.05, 0) is 19.1 Å². The molecule has 2 aromatic rings. The Bertz CT molecular complexity index is 1100. The molecular weight excluding hydrogens is 430 g/mol. The SMILES string of the molecule is CN1C(N)=N[C@](C)(c2nc(-c3nc(C(N)=O)ccc3OC(F)F)cs2)CS1(=O)=O. The van der Waals surface area contributed by atoms with Crippen molar-refractivity contribution in [3.8, 4) is 17.1 Å². The number of aromatic nitrogens is 2. The number of aliphatic imine (C=N–C) groups is 1. The molecule has 1 aliphatic heterocycles. The van der Waals surface area contributed by atoms with E-state index < -0.39 is 28.1 Å². The Morgan fingerprint density at radius 2 is 2.07 bits per heavy atom. The third-order valence-corrected chi connectivity index (χ3v) is 7.14. The molecule has 0 aliphatic carbocycles. The van der Waals surface area contributed by atoms with Gasteiger partial charge in [-0.1, -0.05) is 0 Å². The van der Waals surface area contributed by atoms with E-state index in [2.05, 4.69) is 19.7 Å². The lowest BCUT2D eigenvalue weighted by Gasteiger charge is -2.32. The Morgan fingerprint density at radius 3 is 2.66 bits per heavy atom. The Kier molecular flexibility index (Phi) is 5.17. The number of guanidine groups is 1. The lowest BCUT2D eigenvalue weighted by atomic mass is 10.1. The molecule has 3 rings (SSSR count). The number of halogens is 2. The van der Waals surface area contributed by atoms with Crippen LogP contribution in [0.2, 0.25) is 0 Å². The van der Waals surface area contributed by atoms with Crippen molar-refractivity contribution in [1.82, 2.24) is 14.3 Å². The van der Waals surface area contributed by atoms with Gasteiger partial charge in [0.15, 0.2) is 5.75 Å². The maximum Gasteiger partial charge on any atom is 0.387 e. The van der Waals surface area contributed by atoms with Crippen LogP contribution in [0.5, 0.6) is 5.75 Å². The number of nitrogens with two attached hydrogens (primary N) is 2. The summed E-state index contributed by atoms with van der Waals surface area (Å²) >= 11 is 1.04. The lowest BCUT2D eigenvalue weighted by molar-refractivity contribution is -0.0496. The van der Waals surface area contributed by atoms with Crippen LogP contribution >= 0.6 is 11.3 Å². The molecular formula is C15H16F2N6O4S2. The second-order valence-electron chi connectivity index (χ2n) is 6.29. The highest BCUT2D eigenvalue weighted by Gasteiger charge is 2.42. The van der Waals surface area contributed by atoms with E-state index in [1.54, 1.807) is 0 Å². The maximum atomic E-state index is 12.7. The van der Waals surface area contributed by atoms with E-state index in [0.717, 1.165) is 27.8 Å². The number of pyridine rings is 1. The summed E-state index contributed by atoms with van der Waals surface area (Å²) in [4.78, 5) is 23.9. The van der Waals surface area contributed by atoms with E-state index >= 15 is 0 Å². The number of carbonyl (C=O) groups excluding carboxylic acids is 1. The van der Waals surface area contributed by atoms with Gasteiger partial charge in [0.2, 0.25) is 16.0 Å². The topological polar surface area (TPSA) is 154 Å². The Balaban J connectivity index is 2.08. The summed E-state index contributed by atoms with van der Waals surface area (Å²) in [5.41, 5.74) is 9.42. The molecule has 1 amide bonds. The van der Waals surface area contributed by atoms with Gasteiger partial charge in [0.25, 0.3) is 5.91 Å². The molecule has 1 aliphatic rings. The number of ether oxygens (including phenoxy) is 1. The Morgan fingerprint density at radius 1 is 1.38 bits per heavy atom. The van der Waals surface area contributed by atoms with Crippen molar-refractivity contribution in [2.45, 2.75) is 19.1 Å². The summed E-state index contributed by atoms with van der Waals surface area (Å²) in [5, 5.41) is 1.73. The average Bonchev–Trinajstić information content (AvgIpc) is 3.10. The van der Waals surface area contributed by atoms with Crippen molar-refractivity contribution in [2.75, 3.05) is 12.8 Å². The number of rotatable bonds is 5. The van der Waals surface area contributed by atoms with Crippen molar-refractivity contribution < 1.29 is 26.7 Å². The predicted molar refractivity (Wildman–Crippen MR) is 101 cm³/mol. The fourth-order valence-corrected chi connectivity index (χ4v) is 5.08. The number of nitrogens with zero attached hydrogens (tertiary/aromatic N) is 4. The highest BCUT2D eigenvalue weighted by Crippen LogP contribution is 2.37. The van der Waals surface area contributed by atoms with Gasteiger partial charge in [-0.25, -0.2) is 27.7 Å². The quantitative estimate of drug-likeness (QED) is 0.685. The lowest BCUT2D eigenvalue weighted by Crippen LogP contribution is -2.50. The van der Waals surface area contributed by atoms with Crippen molar-refractivity contribution in [3.63, 3.8) is 0 Å². The zero-order valence-electron chi connectivity index (χ0n) is 15.2. The van der Waals surface area contributed by atoms with Gasteiger partial charge in [-0.3, -0.25) is 4.79 Å². The third kappa shape index (κ3) is 3.98. The number of alkyl halides is 2. The van der Waals surface area contributed by atoms with Gasteiger partial charge >= 0.3 is 6.61 Å². The molecule has 156 valence electrons. The van der Waals surface area contributed by atoms with E-state index in [0.29, 0.717) is 0 Å². The number of primary amides is 1. The van der Waals surface area contributed by atoms with Crippen molar-refractivity contribution in [3.05, 3.63) is 28.2 Å². The first-order valence-corrected chi connectivity index (χ1v) is 10.5. The maximum absolute atomic E-state index is 12.7. The van der Waals surface area contributed by atoms with Gasteiger partial charge in [0.1, 0.15) is 33.4 Å². The zero-order chi connectivity index (χ0) is 21.6. The second-order valence-corrected chi connectivity index (χ2v) is 9.15. The first-order chi connectivity index (χ1) is 13.4. The second kappa shape index (κ2) is 7.18. The van der Waals surface area contributed by atoms with Crippen LogP contribution in [0.1, 0.15) is 22.4 Å². The molecule has 2 aromatic heterocycles. The van der Waals surface area contributed by atoms with E-state index in [9.17, 15) is 22.0 Å². The number of carbonyl (C=O) groups is 1. The third-order valence-electron chi connectivity index (χ3n) is 4.10. The minimum atomic E-state index is -3.72. The number of hydrogen-bond acceptors (Lipinski definition) is 9. The monoisotopic (exact) mass is 446 g/mol. The molecule has 1 atom stereocenters. The van der Waals surface area contributed by atoms with Crippen LogP contribution in [-0.2, 0) is 15.6 Å². The van der Waals surface area contributed by atoms with Crippen LogP contribution in [0.15, 0.2) is 22.5 Å². The van der Waals surface area contributed by atoms with Gasteiger partial charge in [0, 0.05) is 12.4 Å². The minimum Gasteiger partial charge on any atom is -0.432 e. The molecule has 0 saturated heterocycles. The molecule has 3 heterocycles. The van der Waals surface area contributed by atoms with Gasteiger partial charge in [-0.15, -0.1) is 11.3 Å². The minimum absolute atomic E-state index is 0.0927. The normalized spacial score (nSPS) is 21.1. The molecule has 0 spiro atoms. The van der Waals surface area contributed by atoms with Crippen LogP contribution in [0.3, 0.4) is 0 Å². The summed E-state index contributed by atoms with van der Waals surface area (Å²) in [5.74, 6) is -1.77. The first kappa shape index (κ1) is 20.9. The van der Waals surface area contributed by atoms with Crippen LogP contribution in [0, 0.1) is 0 Å². The van der Waals surface area contributed by atoms with E-state index in [-0.39, 0.29) is 39.6 Å². The molecule has 14 heteroatoms. The first-order valence-electron chi connectivity index (χ1n) is 7.97. The van der Waals surface area contributed by atoms with Crippen molar-refractivity contribution >= 4 is 33.2 Å². The summed E-state index contributed by atoms with van der Waals surface area (Å²) in [6, 6.07) is 2.28. The van der Waals surface area contributed by atoms with E-state index in [1.165, 1.54) is 19.4 Å². The predicted octanol–water partition coefficient (Wildman–Crippen LogP) is 0.711. The van der Waals surface area contributed by atoms with E-state index in [4.69, 9.17) is 11.5 Å². The Hall–Kier alpha value is -2.87. The molecule has 0 radical (unpaired) electrons. The molecule has 29 heavy (non-hydrogen) atoms. The zero-order valence-corrected chi connectivity index (χ0v) is 16.8. The average molecular weight is 446 g/mol. The molecule has 0 fully saturated rings. The number of sulfonamides is 1. The largest absolute Gasteiger partial charge is 0.432 e. The van der Waals surface area contributed by atoms with Crippen LogP contribution in [0.4, 0.5) is 8.78 Å². The van der Waals surface area contributed by atoms with Crippen LogP contribution < -0.4 is 16.2 Å². The summed E-state index contributed by atoms with van der Waals surface area (Å²) < 4.78 is 55.4. The number of hydrogen-bond donors (Lipinski definition) is 2. The highest BCUT2D eigenvalue weighted by atomic mass is 32.2. The van der Waals surface area contributed by atoms with Crippen LogP contribution in [-0.4, -0.2) is 54.0 Å². The van der Waals surface area contributed by atoms with Gasteiger partial charge < -0.3 is 16.2 Å². The number of amides is 1. The Labute approximate surface area is 168 Å². The highest BCUT2D eigenvalue weighted by molar-refractivity contribution is 7.89. The molecule has 0 bridgehead atoms. The van der Waals surface area contributed by atoms with Gasteiger partial charge in [-0.2, -0.15) is 8.78 Å². The smallest absolute Gasteiger partial charge is 0.387 e. The summed E-state index contributed by atoms with van der Waals surface area (Å²) in [6.45, 7) is -1.59. The van der Waals surface area contributed by atoms with Gasteiger partial charge in [0.05, 0.1) is 0 Å². The van der Waals surface area contributed by atoms with Crippen molar-refractivity contribution in [1.29, 1.82) is 0 Å². The molecule has 0 unspecified atom stereocenters. The fraction of sp³-hybridized carbons (Fsp3) is 0.333. The molecule has 4 N–H and O–H groups in total. The van der Waals surface area contributed by atoms with E-state index in [1.807, 2.05) is 0 Å². The standard InChI is InChI=1S/C15H16F2N6O4S2/c1-15(6-29(25,26)23(2)14(19)22-15)12-21-8(5-28-12)10-9(27-13(16)17)4-3-7(20-10)11(18)24/h3-5,13H,6H2,1-2H3,(H2,18,24)(H2,19,22)/t15-/m0/s1. The molecule has 0 aromatic carbocycles. The van der Waals surface area contributed by atoms with Crippen LogP contribution in [0.25, 0.3) is 11.4 Å². The molecule has 0 saturated carbocycles.